The number of carbonyl (C=O) groups excluding carboxylic acids is 1. The minimum absolute atomic E-state index is 0.000627. The van der Waals surface area contributed by atoms with Crippen LogP contribution in [0.4, 0.5) is 0 Å². The van der Waals surface area contributed by atoms with Crippen molar-refractivity contribution >= 4 is 15.9 Å². The Hall–Kier alpha value is -1.60. The Kier molecular flexibility index (Phi) is 4.59. The molecule has 23 heavy (non-hydrogen) atoms. The Labute approximate surface area is 136 Å². The van der Waals surface area contributed by atoms with E-state index in [1.807, 2.05) is 0 Å². The van der Waals surface area contributed by atoms with Crippen LogP contribution in [0.1, 0.15) is 48.9 Å². The molecule has 3 rings (SSSR count). The first-order chi connectivity index (χ1) is 11.0. The van der Waals surface area contributed by atoms with Crippen LogP contribution in [0.2, 0.25) is 0 Å². The molecule has 2 aliphatic carbocycles. The van der Waals surface area contributed by atoms with E-state index in [0.29, 0.717) is 5.56 Å². The predicted molar refractivity (Wildman–Crippen MR) is 86.1 cm³/mol. The van der Waals surface area contributed by atoms with Gasteiger partial charge in [-0.2, -0.15) is 0 Å². The molecule has 0 bridgehead atoms. The molecule has 0 saturated heterocycles. The number of nitrogens with one attached hydrogen (secondary N) is 2. The molecule has 7 heteroatoms. The fraction of sp³-hybridized carbons (Fsp3) is 0.562. The summed E-state index contributed by atoms with van der Waals surface area (Å²) in [5, 5.41) is 2.97. The highest BCUT2D eigenvalue weighted by Crippen LogP contribution is 2.28. The SMILES string of the molecule is COc1ccc(C(=O)NC2CCCC2)cc1S(=O)(=O)NC1CC1. The number of rotatable bonds is 6. The number of carbonyl (C=O) groups is 1. The van der Waals surface area contributed by atoms with E-state index in [4.69, 9.17) is 4.74 Å². The largest absolute Gasteiger partial charge is 0.495 e. The number of hydrogen-bond donors (Lipinski definition) is 2. The van der Waals surface area contributed by atoms with Crippen LogP contribution in [-0.2, 0) is 10.0 Å². The normalized spacial score (nSPS) is 18.8. The monoisotopic (exact) mass is 338 g/mol. The smallest absolute Gasteiger partial charge is 0.251 e. The molecular weight excluding hydrogens is 316 g/mol. The molecule has 2 aliphatic rings. The van der Waals surface area contributed by atoms with Crippen molar-refractivity contribution in [3.8, 4) is 5.75 Å². The fourth-order valence-corrected chi connectivity index (χ4v) is 4.35. The summed E-state index contributed by atoms with van der Waals surface area (Å²) in [6.45, 7) is 0. The van der Waals surface area contributed by atoms with Crippen LogP contribution in [0.25, 0.3) is 0 Å². The van der Waals surface area contributed by atoms with Crippen molar-refractivity contribution < 1.29 is 17.9 Å². The highest BCUT2D eigenvalue weighted by molar-refractivity contribution is 7.89. The Morgan fingerprint density at radius 1 is 1.13 bits per heavy atom. The summed E-state index contributed by atoms with van der Waals surface area (Å²) in [4.78, 5) is 12.4. The van der Waals surface area contributed by atoms with Gasteiger partial charge >= 0.3 is 0 Å². The van der Waals surface area contributed by atoms with Gasteiger partial charge in [0.2, 0.25) is 10.0 Å². The molecular formula is C16H22N2O4S. The summed E-state index contributed by atoms with van der Waals surface area (Å²) in [7, 11) is -2.26. The summed E-state index contributed by atoms with van der Waals surface area (Å²) >= 11 is 0. The standard InChI is InChI=1S/C16H22N2O4S/c1-22-14-9-6-11(16(19)17-12-4-2-3-5-12)10-15(14)23(20,21)18-13-7-8-13/h6,9-10,12-13,18H,2-5,7-8H2,1H3,(H,17,19). The highest BCUT2D eigenvalue weighted by Gasteiger charge is 2.30. The van der Waals surface area contributed by atoms with Crippen LogP contribution in [0.5, 0.6) is 5.75 Å². The average Bonchev–Trinajstić information content (AvgIpc) is 3.18. The maximum atomic E-state index is 12.5. The second kappa shape index (κ2) is 6.49. The molecule has 2 saturated carbocycles. The van der Waals surface area contributed by atoms with Gasteiger partial charge in [0.1, 0.15) is 10.6 Å². The zero-order valence-electron chi connectivity index (χ0n) is 13.2. The van der Waals surface area contributed by atoms with Crippen LogP contribution in [-0.4, -0.2) is 33.5 Å². The molecule has 6 nitrogen and oxygen atoms in total. The van der Waals surface area contributed by atoms with Gasteiger partial charge < -0.3 is 10.1 Å². The van der Waals surface area contributed by atoms with Gasteiger partial charge in [0.25, 0.3) is 5.91 Å². The van der Waals surface area contributed by atoms with Gasteiger partial charge in [-0.15, -0.1) is 0 Å². The zero-order chi connectivity index (χ0) is 16.4. The van der Waals surface area contributed by atoms with E-state index in [1.54, 1.807) is 6.07 Å². The van der Waals surface area contributed by atoms with E-state index in [0.717, 1.165) is 38.5 Å². The predicted octanol–water partition coefficient (Wildman–Crippen LogP) is 1.81. The Balaban J connectivity index is 1.84. The van der Waals surface area contributed by atoms with Gasteiger partial charge in [-0.1, -0.05) is 12.8 Å². The molecule has 0 radical (unpaired) electrons. The van der Waals surface area contributed by atoms with E-state index >= 15 is 0 Å². The molecule has 1 aromatic carbocycles. The van der Waals surface area contributed by atoms with Gasteiger partial charge in [0, 0.05) is 17.6 Å². The van der Waals surface area contributed by atoms with E-state index in [9.17, 15) is 13.2 Å². The van der Waals surface area contributed by atoms with Gasteiger partial charge in [-0.3, -0.25) is 4.79 Å². The third-order valence-corrected chi connectivity index (χ3v) is 5.85. The van der Waals surface area contributed by atoms with Crippen LogP contribution >= 0.6 is 0 Å². The third-order valence-electron chi connectivity index (χ3n) is 4.30. The zero-order valence-corrected chi connectivity index (χ0v) is 14.0. The highest BCUT2D eigenvalue weighted by atomic mass is 32.2. The fourth-order valence-electron chi connectivity index (χ4n) is 2.85. The van der Waals surface area contributed by atoms with Crippen molar-refractivity contribution in [3.63, 3.8) is 0 Å². The summed E-state index contributed by atoms with van der Waals surface area (Å²) < 4.78 is 32.7. The number of hydrogen-bond acceptors (Lipinski definition) is 4. The van der Waals surface area contributed by atoms with Gasteiger partial charge in [-0.05, 0) is 43.9 Å². The lowest BCUT2D eigenvalue weighted by Gasteiger charge is -2.14. The van der Waals surface area contributed by atoms with Gasteiger partial charge in [0.05, 0.1) is 7.11 Å². The second-order valence-corrected chi connectivity index (χ2v) is 7.90. The molecule has 2 fully saturated rings. The minimum atomic E-state index is -3.68. The maximum Gasteiger partial charge on any atom is 0.251 e. The molecule has 2 N–H and O–H groups in total. The number of ether oxygens (including phenoxy) is 1. The molecule has 0 unspecified atom stereocenters. The van der Waals surface area contributed by atoms with E-state index < -0.39 is 10.0 Å². The molecule has 1 aromatic rings. The minimum Gasteiger partial charge on any atom is -0.495 e. The Morgan fingerprint density at radius 2 is 1.83 bits per heavy atom. The van der Waals surface area contributed by atoms with Crippen LogP contribution < -0.4 is 14.8 Å². The van der Waals surface area contributed by atoms with Crippen molar-refractivity contribution in [1.29, 1.82) is 0 Å². The molecule has 0 heterocycles. The van der Waals surface area contributed by atoms with Crippen molar-refractivity contribution in [3.05, 3.63) is 23.8 Å². The summed E-state index contributed by atoms with van der Waals surface area (Å²) in [6, 6.07) is 4.72. The third kappa shape index (κ3) is 3.84. The van der Waals surface area contributed by atoms with Crippen LogP contribution in [0, 0.1) is 0 Å². The Morgan fingerprint density at radius 3 is 2.43 bits per heavy atom. The molecule has 0 spiro atoms. The quantitative estimate of drug-likeness (QED) is 0.828. The van der Waals surface area contributed by atoms with Crippen LogP contribution in [0.15, 0.2) is 23.1 Å². The van der Waals surface area contributed by atoms with Crippen molar-refractivity contribution in [1.82, 2.24) is 10.0 Å². The van der Waals surface area contributed by atoms with Crippen molar-refractivity contribution in [2.24, 2.45) is 0 Å². The first-order valence-electron chi connectivity index (χ1n) is 8.01. The maximum absolute atomic E-state index is 12.5. The lowest BCUT2D eigenvalue weighted by atomic mass is 10.1. The topological polar surface area (TPSA) is 84.5 Å². The van der Waals surface area contributed by atoms with E-state index in [1.165, 1.54) is 19.2 Å². The number of sulfonamides is 1. The molecule has 126 valence electrons. The van der Waals surface area contributed by atoms with Gasteiger partial charge in [0.15, 0.2) is 0 Å². The molecule has 0 atom stereocenters. The first-order valence-corrected chi connectivity index (χ1v) is 9.49. The van der Waals surface area contributed by atoms with Gasteiger partial charge in [-0.25, -0.2) is 13.1 Å². The number of methoxy groups -OCH3 is 1. The Bertz CT molecular complexity index is 692. The van der Waals surface area contributed by atoms with Crippen LogP contribution in [0.3, 0.4) is 0 Å². The lowest BCUT2D eigenvalue weighted by Crippen LogP contribution is -2.33. The van der Waals surface area contributed by atoms with E-state index in [-0.39, 0.29) is 28.6 Å². The summed E-state index contributed by atoms with van der Waals surface area (Å²) in [5.41, 5.74) is 0.342. The molecule has 1 amide bonds. The average molecular weight is 338 g/mol. The second-order valence-electron chi connectivity index (χ2n) is 6.22. The first kappa shape index (κ1) is 16.3. The number of benzene rings is 1. The summed E-state index contributed by atoms with van der Waals surface area (Å²) in [5.74, 6) is 0.0120. The van der Waals surface area contributed by atoms with Crippen molar-refractivity contribution in [2.45, 2.75) is 55.5 Å². The van der Waals surface area contributed by atoms with Crippen molar-refractivity contribution in [2.75, 3.05) is 7.11 Å². The number of amides is 1. The summed E-state index contributed by atoms with van der Waals surface area (Å²) in [6.07, 6.45) is 5.91. The molecule has 0 aromatic heterocycles. The molecule has 0 aliphatic heterocycles. The van der Waals surface area contributed by atoms with E-state index in [2.05, 4.69) is 10.0 Å². The lowest BCUT2D eigenvalue weighted by molar-refractivity contribution is 0.0937.